The molecule has 4 nitrogen and oxygen atoms in total. The van der Waals surface area contributed by atoms with Crippen LogP contribution in [0.3, 0.4) is 0 Å². The smallest absolute Gasteiger partial charge is 0.225 e. The van der Waals surface area contributed by atoms with Crippen molar-refractivity contribution in [3.05, 3.63) is 0 Å². The lowest BCUT2D eigenvalue weighted by Gasteiger charge is -2.35. The molecule has 2 amide bonds. The van der Waals surface area contributed by atoms with Crippen LogP contribution in [0.2, 0.25) is 0 Å². The van der Waals surface area contributed by atoms with Crippen molar-refractivity contribution >= 4 is 11.8 Å². The van der Waals surface area contributed by atoms with Gasteiger partial charge in [-0.05, 0) is 6.42 Å². The Morgan fingerprint density at radius 1 is 0.882 bits per heavy atom. The van der Waals surface area contributed by atoms with Crippen LogP contribution in [0.15, 0.2) is 0 Å². The molecular weight excluding hydrogens is 216 g/mol. The highest BCUT2D eigenvalue weighted by Crippen LogP contribution is 2.32. The minimum absolute atomic E-state index is 0.0589. The molecule has 0 N–H and O–H groups in total. The van der Waals surface area contributed by atoms with Gasteiger partial charge >= 0.3 is 0 Å². The zero-order chi connectivity index (χ0) is 12.7. The van der Waals surface area contributed by atoms with E-state index >= 15 is 0 Å². The number of carbonyl (C=O) groups excluding carboxylic acids is 2. The van der Waals surface area contributed by atoms with Crippen LogP contribution < -0.4 is 0 Å². The molecule has 2 fully saturated rings. The third-order valence-corrected chi connectivity index (χ3v) is 3.79. The molecule has 17 heavy (non-hydrogen) atoms. The average Bonchev–Trinajstić information content (AvgIpc) is 2.85. The Labute approximate surface area is 103 Å². The van der Waals surface area contributed by atoms with Crippen LogP contribution in [0.4, 0.5) is 0 Å². The molecule has 2 rings (SSSR count). The number of hydrogen-bond acceptors (Lipinski definition) is 2. The van der Waals surface area contributed by atoms with E-state index in [2.05, 4.69) is 0 Å². The van der Waals surface area contributed by atoms with E-state index in [0.717, 1.165) is 19.5 Å². The lowest BCUT2D eigenvalue weighted by molar-refractivity contribution is -0.143. The number of piperazine rings is 1. The van der Waals surface area contributed by atoms with E-state index in [4.69, 9.17) is 0 Å². The van der Waals surface area contributed by atoms with Crippen molar-refractivity contribution in [2.24, 2.45) is 11.8 Å². The van der Waals surface area contributed by atoms with Crippen molar-refractivity contribution in [1.82, 2.24) is 9.80 Å². The van der Waals surface area contributed by atoms with Crippen LogP contribution >= 0.6 is 0 Å². The Bertz CT molecular complexity index is 306. The zero-order valence-corrected chi connectivity index (χ0v) is 11.1. The predicted octanol–water partition coefficient (Wildman–Crippen LogP) is 1.11. The third-order valence-electron chi connectivity index (χ3n) is 3.79. The Hall–Kier alpha value is -1.06. The van der Waals surface area contributed by atoms with Gasteiger partial charge in [-0.15, -0.1) is 0 Å². The summed E-state index contributed by atoms with van der Waals surface area (Å²) in [5.74, 6) is 0.579. The minimum atomic E-state index is 0.0589. The summed E-state index contributed by atoms with van der Waals surface area (Å²) in [4.78, 5) is 27.9. The van der Waals surface area contributed by atoms with Gasteiger partial charge in [0, 0.05) is 24.9 Å². The SMILES string of the molecule is CC(C)C(=O)N1C[C@H]2C[C@@H]1CN2C(=O)C(C)C. The van der Waals surface area contributed by atoms with Gasteiger partial charge in [0.2, 0.25) is 11.8 Å². The maximum atomic E-state index is 12.0. The quantitative estimate of drug-likeness (QED) is 0.723. The molecule has 0 spiro atoms. The molecule has 2 saturated heterocycles. The molecule has 0 saturated carbocycles. The van der Waals surface area contributed by atoms with Crippen LogP contribution in [0, 0.1) is 11.8 Å². The summed E-state index contributed by atoms with van der Waals surface area (Å²) in [6.07, 6.45) is 0.969. The number of likely N-dealkylation sites (tertiary alicyclic amines) is 2. The largest absolute Gasteiger partial charge is 0.336 e. The van der Waals surface area contributed by atoms with E-state index in [1.54, 1.807) is 0 Å². The topological polar surface area (TPSA) is 40.6 Å². The molecule has 0 unspecified atom stereocenters. The van der Waals surface area contributed by atoms with E-state index in [0.29, 0.717) is 0 Å². The van der Waals surface area contributed by atoms with E-state index in [1.807, 2.05) is 37.5 Å². The molecule has 4 heteroatoms. The van der Waals surface area contributed by atoms with E-state index in [9.17, 15) is 9.59 Å². The summed E-state index contributed by atoms with van der Waals surface area (Å²) in [5, 5.41) is 0. The molecule has 96 valence electrons. The number of hydrogen-bond donors (Lipinski definition) is 0. The first-order valence-corrected chi connectivity index (χ1v) is 6.52. The number of nitrogens with zero attached hydrogens (tertiary/aromatic N) is 2. The van der Waals surface area contributed by atoms with Crippen LogP contribution in [-0.2, 0) is 9.59 Å². The summed E-state index contributed by atoms with van der Waals surface area (Å²) in [6.45, 7) is 9.22. The monoisotopic (exact) mass is 238 g/mol. The second-order valence-corrected chi connectivity index (χ2v) is 5.83. The van der Waals surface area contributed by atoms with Gasteiger partial charge in [0.05, 0.1) is 12.1 Å². The first kappa shape index (κ1) is 12.4. The summed E-state index contributed by atoms with van der Waals surface area (Å²) < 4.78 is 0. The fourth-order valence-electron chi connectivity index (χ4n) is 2.87. The number of fused-ring (bicyclic) bond motifs is 2. The normalized spacial score (nSPS) is 27.4. The van der Waals surface area contributed by atoms with Gasteiger partial charge in [-0.2, -0.15) is 0 Å². The van der Waals surface area contributed by atoms with Gasteiger partial charge in [-0.3, -0.25) is 9.59 Å². The molecule has 0 radical (unpaired) electrons. The Balaban J connectivity index is 2.01. The van der Waals surface area contributed by atoms with E-state index < -0.39 is 0 Å². The highest BCUT2D eigenvalue weighted by Gasteiger charge is 2.47. The minimum Gasteiger partial charge on any atom is -0.336 e. The van der Waals surface area contributed by atoms with Crippen molar-refractivity contribution in [2.45, 2.75) is 46.2 Å². The lowest BCUT2D eigenvalue weighted by atomic mass is 10.1. The highest BCUT2D eigenvalue weighted by molar-refractivity contribution is 5.82. The molecule has 0 aromatic heterocycles. The van der Waals surface area contributed by atoms with Crippen molar-refractivity contribution in [1.29, 1.82) is 0 Å². The Morgan fingerprint density at radius 2 is 1.24 bits per heavy atom. The fraction of sp³-hybridized carbons (Fsp3) is 0.846. The van der Waals surface area contributed by atoms with Crippen molar-refractivity contribution in [3.63, 3.8) is 0 Å². The van der Waals surface area contributed by atoms with Gasteiger partial charge in [0.25, 0.3) is 0 Å². The first-order valence-electron chi connectivity index (χ1n) is 6.52. The molecular formula is C13H22N2O2. The van der Waals surface area contributed by atoms with Crippen LogP contribution in [0.1, 0.15) is 34.1 Å². The summed E-state index contributed by atoms with van der Waals surface area (Å²) in [5.41, 5.74) is 0. The van der Waals surface area contributed by atoms with Gasteiger partial charge in [-0.25, -0.2) is 0 Å². The molecule has 0 aliphatic carbocycles. The van der Waals surface area contributed by atoms with Gasteiger partial charge in [0.1, 0.15) is 0 Å². The number of amides is 2. The van der Waals surface area contributed by atoms with Crippen molar-refractivity contribution < 1.29 is 9.59 Å². The Kier molecular flexibility index (Phi) is 3.15. The van der Waals surface area contributed by atoms with Gasteiger partial charge in [0.15, 0.2) is 0 Å². The lowest BCUT2D eigenvalue weighted by Crippen LogP contribution is -2.52. The molecule has 0 aromatic carbocycles. The van der Waals surface area contributed by atoms with Crippen LogP contribution in [0.5, 0.6) is 0 Å². The second kappa shape index (κ2) is 4.31. The van der Waals surface area contributed by atoms with Crippen molar-refractivity contribution in [2.75, 3.05) is 13.1 Å². The molecule has 2 heterocycles. The number of rotatable bonds is 2. The number of carbonyl (C=O) groups is 2. The maximum absolute atomic E-state index is 12.0. The summed E-state index contributed by atoms with van der Waals surface area (Å²) >= 11 is 0. The van der Waals surface area contributed by atoms with E-state index in [1.165, 1.54) is 0 Å². The summed E-state index contributed by atoms with van der Waals surface area (Å²) in [7, 11) is 0. The first-order chi connectivity index (χ1) is 7.91. The van der Waals surface area contributed by atoms with Gasteiger partial charge in [-0.1, -0.05) is 27.7 Å². The standard InChI is InChI=1S/C13H22N2O2/c1-8(2)12(16)14-6-11-5-10(14)7-15(11)13(17)9(3)4/h8-11H,5-7H2,1-4H3/t10-,11-/m1/s1. The van der Waals surface area contributed by atoms with Gasteiger partial charge < -0.3 is 9.80 Å². The maximum Gasteiger partial charge on any atom is 0.225 e. The van der Waals surface area contributed by atoms with E-state index in [-0.39, 0.29) is 35.7 Å². The Morgan fingerprint density at radius 3 is 1.47 bits per heavy atom. The van der Waals surface area contributed by atoms with Crippen LogP contribution in [0.25, 0.3) is 0 Å². The molecule has 0 aromatic rings. The predicted molar refractivity (Wildman–Crippen MR) is 65.3 cm³/mol. The van der Waals surface area contributed by atoms with Crippen molar-refractivity contribution in [3.8, 4) is 0 Å². The zero-order valence-electron chi connectivity index (χ0n) is 11.1. The molecule has 2 aliphatic heterocycles. The second-order valence-electron chi connectivity index (χ2n) is 5.83. The summed E-state index contributed by atoms with van der Waals surface area (Å²) in [6, 6.07) is 0.523. The fourth-order valence-corrected chi connectivity index (χ4v) is 2.87. The highest BCUT2D eigenvalue weighted by atomic mass is 16.2. The molecule has 2 bridgehead atoms. The molecule has 2 aliphatic rings. The molecule has 2 atom stereocenters. The van der Waals surface area contributed by atoms with Crippen LogP contribution in [-0.4, -0.2) is 46.8 Å². The third kappa shape index (κ3) is 2.05. The average molecular weight is 238 g/mol.